The highest BCUT2D eigenvalue weighted by molar-refractivity contribution is 7.89. The SMILES string of the molecule is COC(=O)c1c(N)c(C#N)cn1-c1ccccc1S(N)(=O)=O. The predicted octanol–water partition coefficient (Wildman–Crippen LogP) is 0.365. The Balaban J connectivity index is 2.86. The molecule has 2 rings (SSSR count). The van der Waals surface area contributed by atoms with E-state index in [4.69, 9.17) is 16.1 Å². The van der Waals surface area contributed by atoms with Gasteiger partial charge in [0.2, 0.25) is 10.0 Å². The Morgan fingerprint density at radius 2 is 2.00 bits per heavy atom. The fourth-order valence-corrected chi connectivity index (χ4v) is 2.73. The number of esters is 1. The Morgan fingerprint density at radius 3 is 2.55 bits per heavy atom. The number of carbonyl (C=O) groups is 1. The van der Waals surface area contributed by atoms with Gasteiger partial charge in [0.1, 0.15) is 11.0 Å². The van der Waals surface area contributed by atoms with Crippen LogP contribution in [0.3, 0.4) is 0 Å². The summed E-state index contributed by atoms with van der Waals surface area (Å²) < 4.78 is 29.2. The molecular weight excluding hydrogens is 308 g/mol. The van der Waals surface area contributed by atoms with Crippen molar-refractivity contribution in [2.24, 2.45) is 5.14 Å². The van der Waals surface area contributed by atoms with Crippen LogP contribution in [0.1, 0.15) is 16.1 Å². The lowest BCUT2D eigenvalue weighted by Crippen LogP contribution is -2.17. The second-order valence-corrected chi connectivity index (χ2v) is 5.82. The van der Waals surface area contributed by atoms with E-state index in [0.29, 0.717) is 0 Å². The first-order valence-corrected chi connectivity index (χ1v) is 7.47. The molecule has 0 aliphatic heterocycles. The molecule has 114 valence electrons. The van der Waals surface area contributed by atoms with Gasteiger partial charge in [0.25, 0.3) is 0 Å². The molecule has 0 bridgehead atoms. The van der Waals surface area contributed by atoms with E-state index < -0.39 is 16.0 Å². The van der Waals surface area contributed by atoms with Crippen LogP contribution in [-0.4, -0.2) is 26.1 Å². The van der Waals surface area contributed by atoms with Crippen molar-refractivity contribution in [1.29, 1.82) is 5.26 Å². The van der Waals surface area contributed by atoms with E-state index >= 15 is 0 Å². The van der Waals surface area contributed by atoms with Gasteiger partial charge in [-0.1, -0.05) is 12.1 Å². The summed E-state index contributed by atoms with van der Waals surface area (Å²) in [5.41, 5.74) is 5.63. The molecule has 0 aliphatic rings. The molecule has 1 heterocycles. The first-order valence-electron chi connectivity index (χ1n) is 5.92. The number of sulfonamides is 1. The summed E-state index contributed by atoms with van der Waals surface area (Å²) in [6, 6.07) is 7.60. The van der Waals surface area contributed by atoms with Crippen LogP contribution >= 0.6 is 0 Å². The lowest BCUT2D eigenvalue weighted by atomic mass is 10.2. The van der Waals surface area contributed by atoms with Crippen LogP contribution < -0.4 is 10.9 Å². The van der Waals surface area contributed by atoms with Crippen molar-refractivity contribution in [2.75, 3.05) is 12.8 Å². The van der Waals surface area contributed by atoms with E-state index in [1.165, 1.54) is 29.0 Å². The van der Waals surface area contributed by atoms with Crippen molar-refractivity contribution >= 4 is 21.7 Å². The molecule has 0 radical (unpaired) electrons. The second kappa shape index (κ2) is 5.51. The number of nitrogens with zero attached hydrogens (tertiary/aromatic N) is 2. The van der Waals surface area contributed by atoms with Gasteiger partial charge in [-0.25, -0.2) is 18.4 Å². The van der Waals surface area contributed by atoms with Crippen molar-refractivity contribution in [3.63, 3.8) is 0 Å². The Bertz CT molecular complexity index is 893. The number of benzene rings is 1. The number of anilines is 1. The van der Waals surface area contributed by atoms with E-state index in [-0.39, 0.29) is 27.5 Å². The molecule has 9 heteroatoms. The van der Waals surface area contributed by atoms with Gasteiger partial charge in [-0.15, -0.1) is 0 Å². The van der Waals surface area contributed by atoms with Crippen LogP contribution in [0.5, 0.6) is 0 Å². The number of hydrogen-bond donors (Lipinski definition) is 2. The lowest BCUT2D eigenvalue weighted by molar-refractivity contribution is 0.0593. The molecule has 1 aromatic carbocycles. The maximum absolute atomic E-state index is 11.9. The number of methoxy groups -OCH3 is 1. The number of ether oxygens (including phenoxy) is 1. The first-order chi connectivity index (χ1) is 10.3. The zero-order valence-corrected chi connectivity index (χ0v) is 12.3. The molecule has 0 saturated carbocycles. The van der Waals surface area contributed by atoms with Gasteiger partial charge < -0.3 is 15.0 Å². The van der Waals surface area contributed by atoms with Gasteiger partial charge >= 0.3 is 5.97 Å². The van der Waals surface area contributed by atoms with E-state index in [0.717, 1.165) is 7.11 Å². The van der Waals surface area contributed by atoms with Gasteiger partial charge in [-0.2, -0.15) is 5.26 Å². The van der Waals surface area contributed by atoms with Crippen molar-refractivity contribution in [1.82, 2.24) is 4.57 Å². The van der Waals surface area contributed by atoms with Gasteiger partial charge in [0.15, 0.2) is 5.69 Å². The average Bonchev–Trinajstić information content (AvgIpc) is 2.82. The molecule has 0 saturated heterocycles. The Hall–Kier alpha value is -2.83. The summed E-state index contributed by atoms with van der Waals surface area (Å²) in [7, 11) is -2.89. The van der Waals surface area contributed by atoms with Crippen LogP contribution in [0.4, 0.5) is 5.69 Å². The highest BCUT2D eigenvalue weighted by Crippen LogP contribution is 2.27. The second-order valence-electron chi connectivity index (χ2n) is 4.29. The number of carbonyl (C=O) groups excluding carboxylic acids is 1. The number of nitrogen functional groups attached to an aromatic ring is 1. The molecule has 2 aromatic rings. The highest BCUT2D eigenvalue weighted by atomic mass is 32.2. The van der Waals surface area contributed by atoms with Crippen LogP contribution in [-0.2, 0) is 14.8 Å². The van der Waals surface area contributed by atoms with Crippen LogP contribution in [0.15, 0.2) is 35.4 Å². The van der Waals surface area contributed by atoms with Crippen molar-refractivity contribution < 1.29 is 17.9 Å². The molecule has 1 aromatic heterocycles. The number of rotatable bonds is 3. The molecule has 8 nitrogen and oxygen atoms in total. The molecule has 0 fully saturated rings. The van der Waals surface area contributed by atoms with Gasteiger partial charge in [-0.3, -0.25) is 0 Å². The minimum Gasteiger partial charge on any atom is -0.464 e. The minimum atomic E-state index is -4.04. The maximum atomic E-state index is 11.9. The topological polar surface area (TPSA) is 141 Å². The Kier molecular flexibility index (Phi) is 3.90. The quantitative estimate of drug-likeness (QED) is 0.782. The fourth-order valence-electron chi connectivity index (χ4n) is 2.00. The van der Waals surface area contributed by atoms with Crippen molar-refractivity contribution in [2.45, 2.75) is 4.90 Å². The molecule has 0 atom stereocenters. The third kappa shape index (κ3) is 2.52. The van der Waals surface area contributed by atoms with E-state index in [1.54, 1.807) is 6.07 Å². The minimum absolute atomic E-state index is 0.0182. The summed E-state index contributed by atoms with van der Waals surface area (Å²) in [5.74, 6) is -0.803. The fraction of sp³-hybridized carbons (Fsp3) is 0.0769. The third-order valence-corrected chi connectivity index (χ3v) is 3.93. The van der Waals surface area contributed by atoms with Crippen LogP contribution in [0.25, 0.3) is 5.69 Å². The first kappa shape index (κ1) is 15.6. The number of aromatic nitrogens is 1. The predicted molar refractivity (Wildman–Crippen MR) is 77.6 cm³/mol. The highest BCUT2D eigenvalue weighted by Gasteiger charge is 2.24. The summed E-state index contributed by atoms with van der Waals surface area (Å²) in [4.78, 5) is 11.7. The van der Waals surface area contributed by atoms with Gasteiger partial charge in [0, 0.05) is 6.20 Å². The largest absolute Gasteiger partial charge is 0.464 e. The van der Waals surface area contributed by atoms with Crippen molar-refractivity contribution in [3.8, 4) is 11.8 Å². The summed E-state index contributed by atoms with van der Waals surface area (Å²) in [5, 5.41) is 14.2. The molecule has 0 aliphatic carbocycles. The number of para-hydroxylation sites is 1. The van der Waals surface area contributed by atoms with Gasteiger partial charge in [-0.05, 0) is 12.1 Å². The Morgan fingerprint density at radius 1 is 1.36 bits per heavy atom. The summed E-state index contributed by atoms with van der Waals surface area (Å²) in [6.07, 6.45) is 1.26. The monoisotopic (exact) mass is 320 g/mol. The Labute approximate surface area is 126 Å². The molecule has 22 heavy (non-hydrogen) atoms. The van der Waals surface area contributed by atoms with E-state index in [2.05, 4.69) is 4.74 Å². The third-order valence-electron chi connectivity index (χ3n) is 2.97. The number of nitriles is 1. The zero-order valence-electron chi connectivity index (χ0n) is 11.5. The summed E-state index contributed by atoms with van der Waals surface area (Å²) >= 11 is 0. The maximum Gasteiger partial charge on any atom is 0.357 e. The molecule has 0 spiro atoms. The smallest absolute Gasteiger partial charge is 0.357 e. The van der Waals surface area contributed by atoms with E-state index in [9.17, 15) is 13.2 Å². The lowest BCUT2D eigenvalue weighted by Gasteiger charge is -2.12. The molecule has 0 unspecified atom stereocenters. The standard InChI is InChI=1S/C13H12N4O4S/c1-21-13(18)12-11(15)8(6-14)7-17(12)9-4-2-3-5-10(9)22(16,19)20/h2-5,7H,15H2,1H3,(H2,16,19,20). The number of primary sulfonamides is 1. The van der Waals surface area contributed by atoms with Crippen molar-refractivity contribution in [3.05, 3.63) is 41.7 Å². The molecule has 4 N–H and O–H groups in total. The van der Waals surface area contributed by atoms with Gasteiger partial charge in [0.05, 0.1) is 24.0 Å². The average molecular weight is 320 g/mol. The molecule has 0 amide bonds. The van der Waals surface area contributed by atoms with E-state index in [1.807, 2.05) is 6.07 Å². The summed E-state index contributed by atoms with van der Waals surface area (Å²) in [6.45, 7) is 0. The van der Waals surface area contributed by atoms with Crippen LogP contribution in [0.2, 0.25) is 0 Å². The normalized spacial score (nSPS) is 11.0. The number of nitrogens with two attached hydrogens (primary N) is 2. The zero-order chi connectivity index (χ0) is 16.5. The number of hydrogen-bond acceptors (Lipinski definition) is 6. The van der Waals surface area contributed by atoms with Crippen LogP contribution in [0, 0.1) is 11.3 Å². The molecular formula is C13H12N4O4S.